The SMILES string of the molecule is CCCS(=O)(=O)N(Cc1ncc(-c2nnc(C(F)(F)F)o2)s1)c1cncc(OC(F)F)c1. The number of nitrogens with zero attached hydrogens (tertiary/aromatic N) is 5. The monoisotopic (exact) mass is 499 g/mol. The topological polar surface area (TPSA) is 111 Å². The van der Waals surface area contributed by atoms with Gasteiger partial charge in [0.05, 0.1) is 36.6 Å². The highest BCUT2D eigenvalue weighted by Crippen LogP contribution is 2.33. The average molecular weight is 499 g/mol. The van der Waals surface area contributed by atoms with Gasteiger partial charge in [-0.05, 0) is 6.42 Å². The van der Waals surface area contributed by atoms with Crippen molar-refractivity contribution in [3.63, 3.8) is 0 Å². The number of anilines is 1. The van der Waals surface area contributed by atoms with Gasteiger partial charge in [-0.2, -0.15) is 22.0 Å². The predicted octanol–water partition coefficient (Wildman–Crippen LogP) is 3.95. The molecule has 0 fully saturated rings. The number of alkyl halides is 5. The molecule has 0 aliphatic rings. The largest absolute Gasteiger partial charge is 0.470 e. The van der Waals surface area contributed by atoms with Crippen LogP contribution in [0, 0.1) is 0 Å². The molecule has 0 saturated heterocycles. The Morgan fingerprint density at radius 3 is 2.59 bits per heavy atom. The van der Waals surface area contributed by atoms with Crippen molar-refractivity contribution in [3.8, 4) is 16.5 Å². The molecule has 0 spiro atoms. The van der Waals surface area contributed by atoms with Crippen molar-refractivity contribution in [1.82, 2.24) is 20.2 Å². The third-order valence-electron chi connectivity index (χ3n) is 3.72. The predicted molar refractivity (Wildman–Crippen MR) is 102 cm³/mol. The van der Waals surface area contributed by atoms with E-state index in [1.165, 1.54) is 0 Å². The van der Waals surface area contributed by atoms with Crippen LogP contribution < -0.4 is 9.04 Å². The van der Waals surface area contributed by atoms with Crippen LogP contribution in [0.2, 0.25) is 0 Å². The summed E-state index contributed by atoms with van der Waals surface area (Å²) in [7, 11) is -3.92. The van der Waals surface area contributed by atoms with Crippen molar-refractivity contribution in [2.45, 2.75) is 32.7 Å². The van der Waals surface area contributed by atoms with E-state index in [0.717, 1.165) is 40.3 Å². The highest BCUT2D eigenvalue weighted by Gasteiger charge is 2.38. The first-order chi connectivity index (χ1) is 15.0. The van der Waals surface area contributed by atoms with Crippen LogP contribution >= 0.6 is 11.3 Å². The molecule has 0 radical (unpaired) electrons. The van der Waals surface area contributed by atoms with E-state index in [9.17, 15) is 30.4 Å². The maximum atomic E-state index is 12.8. The van der Waals surface area contributed by atoms with Crippen molar-refractivity contribution in [3.05, 3.63) is 35.6 Å². The van der Waals surface area contributed by atoms with E-state index < -0.39 is 34.6 Å². The number of hydrogen-bond donors (Lipinski definition) is 0. The molecule has 0 aromatic carbocycles. The Kier molecular flexibility index (Phi) is 6.92. The van der Waals surface area contributed by atoms with Crippen LogP contribution in [0.5, 0.6) is 5.75 Å². The van der Waals surface area contributed by atoms with Gasteiger partial charge in [-0.1, -0.05) is 6.92 Å². The van der Waals surface area contributed by atoms with Crippen LogP contribution in [0.25, 0.3) is 10.8 Å². The molecule has 0 saturated carbocycles. The molecule has 0 bridgehead atoms. The Bertz CT molecular complexity index is 1170. The van der Waals surface area contributed by atoms with Crippen molar-refractivity contribution in [2.24, 2.45) is 0 Å². The lowest BCUT2D eigenvalue weighted by Crippen LogP contribution is -2.32. The quantitative estimate of drug-likeness (QED) is 0.407. The van der Waals surface area contributed by atoms with Crippen LogP contribution in [0.3, 0.4) is 0 Å². The molecule has 16 heteroatoms. The minimum atomic E-state index is -4.82. The van der Waals surface area contributed by atoms with E-state index in [4.69, 9.17) is 0 Å². The molecule has 9 nitrogen and oxygen atoms in total. The number of ether oxygens (including phenoxy) is 1. The smallest absolute Gasteiger partial charge is 0.433 e. The van der Waals surface area contributed by atoms with Crippen LogP contribution in [0.4, 0.5) is 27.6 Å². The van der Waals surface area contributed by atoms with Gasteiger partial charge in [-0.25, -0.2) is 13.4 Å². The lowest BCUT2D eigenvalue weighted by Gasteiger charge is -2.23. The van der Waals surface area contributed by atoms with Gasteiger partial charge in [0, 0.05) is 6.07 Å². The molecule has 32 heavy (non-hydrogen) atoms. The van der Waals surface area contributed by atoms with E-state index in [1.807, 2.05) is 0 Å². The highest BCUT2D eigenvalue weighted by molar-refractivity contribution is 7.92. The Hall–Kier alpha value is -2.88. The maximum Gasteiger partial charge on any atom is 0.470 e. The zero-order valence-electron chi connectivity index (χ0n) is 16.1. The second kappa shape index (κ2) is 9.32. The van der Waals surface area contributed by atoms with Gasteiger partial charge in [-0.3, -0.25) is 9.29 Å². The Morgan fingerprint density at radius 1 is 1.22 bits per heavy atom. The molecule has 3 heterocycles. The number of sulfonamides is 1. The molecule has 174 valence electrons. The normalized spacial score (nSPS) is 12.3. The molecule has 3 aromatic rings. The summed E-state index contributed by atoms with van der Waals surface area (Å²) in [6.45, 7) is -1.84. The molecule has 0 unspecified atom stereocenters. The summed E-state index contributed by atoms with van der Waals surface area (Å²) in [6, 6.07) is 1.08. The second-order valence-corrected chi connectivity index (χ2v) is 9.24. The third kappa shape index (κ3) is 5.67. The van der Waals surface area contributed by atoms with Gasteiger partial charge in [0.15, 0.2) is 0 Å². The van der Waals surface area contributed by atoms with Crippen molar-refractivity contribution in [2.75, 3.05) is 10.1 Å². The van der Waals surface area contributed by atoms with Crippen LogP contribution in [0.1, 0.15) is 24.2 Å². The Morgan fingerprint density at radius 2 is 1.97 bits per heavy atom. The maximum absolute atomic E-state index is 12.8. The van der Waals surface area contributed by atoms with Crippen LogP contribution in [0.15, 0.2) is 29.1 Å². The standard InChI is InChI=1S/C16H14F5N5O4S2/c1-2-3-32(27,28)26(9-4-10(6-22-5-9)29-15(17)18)8-12-23-7-11(31-12)13-24-25-14(30-13)16(19,20)21/h4-7,15H,2-3,8H2,1H3. The first kappa shape index (κ1) is 23.8. The van der Waals surface area contributed by atoms with Gasteiger partial charge < -0.3 is 9.15 Å². The van der Waals surface area contributed by atoms with Gasteiger partial charge in [-0.15, -0.1) is 21.5 Å². The number of rotatable bonds is 9. The molecule has 0 amide bonds. The van der Waals surface area contributed by atoms with Crippen LogP contribution in [-0.2, 0) is 22.7 Å². The highest BCUT2D eigenvalue weighted by atomic mass is 32.2. The van der Waals surface area contributed by atoms with E-state index in [0.29, 0.717) is 0 Å². The molecular formula is C16H14F5N5O4S2. The van der Waals surface area contributed by atoms with E-state index >= 15 is 0 Å². The summed E-state index contributed by atoms with van der Waals surface area (Å²) in [5, 5.41) is 6.42. The number of aromatic nitrogens is 4. The molecular weight excluding hydrogens is 485 g/mol. The second-order valence-electron chi connectivity index (χ2n) is 6.11. The fourth-order valence-corrected chi connectivity index (χ4v) is 4.86. The summed E-state index contributed by atoms with van der Waals surface area (Å²) in [6.07, 6.45) is -1.25. The molecule has 0 aliphatic heterocycles. The molecule has 0 N–H and O–H groups in total. The van der Waals surface area contributed by atoms with E-state index in [-0.39, 0.29) is 40.0 Å². The summed E-state index contributed by atoms with van der Waals surface area (Å²) in [4.78, 5) is 7.82. The number of hydrogen-bond acceptors (Lipinski definition) is 9. The average Bonchev–Trinajstić information content (AvgIpc) is 3.35. The van der Waals surface area contributed by atoms with Crippen LogP contribution in [-0.4, -0.2) is 40.9 Å². The summed E-state index contributed by atoms with van der Waals surface area (Å²) >= 11 is 0.830. The molecule has 3 aromatic heterocycles. The van der Waals surface area contributed by atoms with Gasteiger partial charge >= 0.3 is 18.7 Å². The first-order valence-corrected chi connectivity index (χ1v) is 11.2. The van der Waals surface area contributed by atoms with E-state index in [2.05, 4.69) is 29.3 Å². The van der Waals surface area contributed by atoms with E-state index in [1.54, 1.807) is 6.92 Å². The first-order valence-electron chi connectivity index (χ1n) is 8.75. The summed E-state index contributed by atoms with van der Waals surface area (Å²) in [5.41, 5.74) is -0.0505. The molecule has 0 atom stereocenters. The molecule has 0 aliphatic carbocycles. The Balaban J connectivity index is 1.91. The number of thiazole rings is 1. The zero-order valence-corrected chi connectivity index (χ0v) is 17.7. The minimum Gasteiger partial charge on any atom is -0.433 e. The fraction of sp³-hybridized carbons (Fsp3) is 0.375. The summed E-state index contributed by atoms with van der Waals surface area (Å²) in [5.74, 6) is -2.57. The summed E-state index contributed by atoms with van der Waals surface area (Å²) < 4.78 is 98.3. The van der Waals surface area contributed by atoms with Crippen molar-refractivity contribution >= 4 is 27.0 Å². The van der Waals surface area contributed by atoms with Gasteiger partial charge in [0.25, 0.3) is 5.89 Å². The zero-order chi connectivity index (χ0) is 23.5. The third-order valence-corrected chi connectivity index (χ3v) is 6.63. The lowest BCUT2D eigenvalue weighted by atomic mass is 10.4. The Labute approximate surface area is 181 Å². The molecule has 3 rings (SSSR count). The minimum absolute atomic E-state index is 0.0505. The lowest BCUT2D eigenvalue weighted by molar-refractivity contribution is -0.156. The number of pyridine rings is 1. The van der Waals surface area contributed by atoms with Gasteiger partial charge in [0.1, 0.15) is 15.6 Å². The fourth-order valence-electron chi connectivity index (χ4n) is 2.47. The van der Waals surface area contributed by atoms with Crippen molar-refractivity contribution in [1.29, 1.82) is 0 Å². The number of halogens is 5. The van der Waals surface area contributed by atoms with Gasteiger partial charge in [0.2, 0.25) is 10.0 Å². The van der Waals surface area contributed by atoms with Crippen molar-refractivity contribution < 1.29 is 39.5 Å².